The van der Waals surface area contributed by atoms with E-state index in [2.05, 4.69) is 6.92 Å². The number of phosphoric ester groups is 1. The van der Waals surface area contributed by atoms with Crippen LogP contribution in [0.5, 0.6) is 17.2 Å². The minimum atomic E-state index is -3.97. The van der Waals surface area contributed by atoms with Gasteiger partial charge in [0, 0.05) is 0 Å². The van der Waals surface area contributed by atoms with Gasteiger partial charge in [-0.2, -0.15) is 4.57 Å². The van der Waals surface area contributed by atoms with Crippen LogP contribution in [0.15, 0.2) is 84.9 Å². The molecule has 0 saturated carbocycles. The molecule has 0 aliphatic carbocycles. The first-order valence-corrected chi connectivity index (χ1v) is 13.0. The van der Waals surface area contributed by atoms with Crippen LogP contribution in [0.4, 0.5) is 0 Å². The van der Waals surface area contributed by atoms with Gasteiger partial charge in [-0.05, 0) is 48.7 Å². The Labute approximate surface area is 192 Å². The number of unbranched alkanes of at least 4 members (excludes halogenated alkanes) is 6. The van der Waals surface area contributed by atoms with Gasteiger partial charge < -0.3 is 13.6 Å². The minimum Gasteiger partial charge on any atom is -0.386 e. The van der Waals surface area contributed by atoms with Gasteiger partial charge >= 0.3 is 7.82 Å². The molecule has 0 saturated heterocycles. The van der Waals surface area contributed by atoms with Crippen molar-refractivity contribution in [3.05, 3.63) is 90.5 Å². The van der Waals surface area contributed by atoms with Crippen molar-refractivity contribution in [2.24, 2.45) is 0 Å². The lowest BCUT2D eigenvalue weighted by molar-refractivity contribution is 0.297. The molecule has 32 heavy (non-hydrogen) atoms. The molecule has 0 unspecified atom stereocenters. The topological polar surface area (TPSA) is 44.8 Å². The Morgan fingerprint density at radius 3 is 1.69 bits per heavy atom. The second-order valence-corrected chi connectivity index (χ2v) is 9.27. The zero-order valence-corrected chi connectivity index (χ0v) is 19.7. The van der Waals surface area contributed by atoms with E-state index in [9.17, 15) is 4.57 Å². The van der Waals surface area contributed by atoms with E-state index >= 15 is 0 Å². The van der Waals surface area contributed by atoms with Crippen LogP contribution in [0, 0.1) is 0 Å². The molecule has 5 heteroatoms. The molecule has 0 N–H and O–H groups in total. The SMILES string of the molecule is CCCCCCCCCc1ccccc1OP(=O)(Oc1ccccc1)Oc1ccccc1. The van der Waals surface area contributed by atoms with Crippen LogP contribution in [-0.4, -0.2) is 0 Å². The molecule has 0 bridgehead atoms. The number of hydrogen-bond donors (Lipinski definition) is 0. The second-order valence-electron chi connectivity index (χ2n) is 7.83. The highest BCUT2D eigenvalue weighted by Crippen LogP contribution is 2.50. The fraction of sp³-hybridized carbons (Fsp3) is 0.333. The molecule has 4 nitrogen and oxygen atoms in total. The van der Waals surface area contributed by atoms with Crippen LogP contribution in [0.2, 0.25) is 0 Å². The lowest BCUT2D eigenvalue weighted by Crippen LogP contribution is -2.08. The molecule has 0 heterocycles. The van der Waals surface area contributed by atoms with Crippen molar-refractivity contribution in [2.45, 2.75) is 58.3 Å². The summed E-state index contributed by atoms with van der Waals surface area (Å²) in [6, 6.07) is 25.6. The molecule has 0 fully saturated rings. The maximum absolute atomic E-state index is 13.7. The van der Waals surface area contributed by atoms with E-state index in [1.54, 1.807) is 24.3 Å². The summed E-state index contributed by atoms with van der Waals surface area (Å²) in [5.41, 5.74) is 1.01. The van der Waals surface area contributed by atoms with Crippen LogP contribution in [-0.2, 0) is 11.0 Å². The summed E-state index contributed by atoms with van der Waals surface area (Å²) < 4.78 is 31.2. The Morgan fingerprint density at radius 1 is 0.594 bits per heavy atom. The lowest BCUT2D eigenvalue weighted by Gasteiger charge is -2.21. The van der Waals surface area contributed by atoms with Crippen molar-refractivity contribution in [2.75, 3.05) is 0 Å². The summed E-state index contributed by atoms with van der Waals surface area (Å²) in [5, 5.41) is 0. The van der Waals surface area contributed by atoms with E-state index in [0.29, 0.717) is 17.2 Å². The van der Waals surface area contributed by atoms with Gasteiger partial charge in [-0.1, -0.05) is 100 Å². The Kier molecular flexibility index (Phi) is 9.71. The largest absolute Gasteiger partial charge is 0.647 e. The average Bonchev–Trinajstić information content (AvgIpc) is 2.80. The fourth-order valence-electron chi connectivity index (χ4n) is 3.47. The van der Waals surface area contributed by atoms with Crippen molar-refractivity contribution in [1.82, 2.24) is 0 Å². The van der Waals surface area contributed by atoms with Crippen molar-refractivity contribution in [3.8, 4) is 17.2 Å². The van der Waals surface area contributed by atoms with Crippen molar-refractivity contribution in [1.29, 1.82) is 0 Å². The Balaban J connectivity index is 1.69. The Morgan fingerprint density at radius 2 is 1.09 bits per heavy atom. The molecule has 0 aromatic heterocycles. The average molecular weight is 453 g/mol. The number of aryl methyl sites for hydroxylation is 1. The van der Waals surface area contributed by atoms with Gasteiger partial charge in [-0.15, -0.1) is 0 Å². The van der Waals surface area contributed by atoms with Gasteiger partial charge in [0.05, 0.1) is 0 Å². The highest BCUT2D eigenvalue weighted by atomic mass is 31.2. The lowest BCUT2D eigenvalue weighted by atomic mass is 10.0. The molecule has 3 rings (SSSR count). The number of hydrogen-bond acceptors (Lipinski definition) is 4. The summed E-state index contributed by atoms with van der Waals surface area (Å²) in [6.45, 7) is 2.23. The standard InChI is InChI=1S/C27H33O4P/c1-2-3-4-5-6-7-10-17-24-18-15-16-23-27(24)31-32(28,29-25-19-11-8-12-20-25)30-26-21-13-9-14-22-26/h8-9,11-16,18-23H,2-7,10,17H2,1H3. The highest BCUT2D eigenvalue weighted by Gasteiger charge is 2.33. The zero-order valence-electron chi connectivity index (χ0n) is 18.8. The molecular weight excluding hydrogens is 419 g/mol. The maximum Gasteiger partial charge on any atom is 0.647 e. The second kappa shape index (κ2) is 13.0. The summed E-state index contributed by atoms with van der Waals surface area (Å²) in [5.74, 6) is 1.39. The van der Waals surface area contributed by atoms with E-state index in [1.165, 1.54) is 38.5 Å². The summed E-state index contributed by atoms with van der Waals surface area (Å²) in [4.78, 5) is 0. The first-order valence-electron chi connectivity index (χ1n) is 11.6. The van der Waals surface area contributed by atoms with E-state index in [-0.39, 0.29) is 0 Å². The molecule has 0 atom stereocenters. The van der Waals surface area contributed by atoms with Crippen LogP contribution in [0.25, 0.3) is 0 Å². The zero-order chi connectivity index (χ0) is 22.5. The van der Waals surface area contributed by atoms with Gasteiger partial charge in [-0.3, -0.25) is 0 Å². The number of para-hydroxylation sites is 3. The highest BCUT2D eigenvalue weighted by molar-refractivity contribution is 7.49. The monoisotopic (exact) mass is 452 g/mol. The van der Waals surface area contributed by atoms with Crippen molar-refractivity contribution in [3.63, 3.8) is 0 Å². The minimum absolute atomic E-state index is 0.427. The van der Waals surface area contributed by atoms with Crippen molar-refractivity contribution < 1.29 is 18.1 Å². The van der Waals surface area contributed by atoms with Gasteiger partial charge in [0.1, 0.15) is 17.2 Å². The van der Waals surface area contributed by atoms with Crippen LogP contribution in [0.3, 0.4) is 0 Å². The van der Waals surface area contributed by atoms with Crippen LogP contribution < -0.4 is 13.6 Å². The number of phosphoric acid groups is 1. The van der Waals surface area contributed by atoms with E-state index in [1.807, 2.05) is 60.7 Å². The van der Waals surface area contributed by atoms with E-state index < -0.39 is 7.82 Å². The first kappa shape index (κ1) is 23.9. The normalized spacial score (nSPS) is 11.2. The Hall–Kier alpha value is -2.71. The third-order valence-corrected chi connectivity index (χ3v) is 6.44. The van der Waals surface area contributed by atoms with Crippen molar-refractivity contribution >= 4 is 7.82 Å². The van der Waals surface area contributed by atoms with Gasteiger partial charge in [0.2, 0.25) is 0 Å². The third-order valence-electron chi connectivity index (χ3n) is 5.15. The molecule has 0 aliphatic heterocycles. The van der Waals surface area contributed by atoms with E-state index in [0.717, 1.165) is 18.4 Å². The maximum atomic E-state index is 13.7. The molecule has 0 amide bonds. The molecule has 170 valence electrons. The van der Waals surface area contributed by atoms with Gasteiger partial charge in [0.25, 0.3) is 0 Å². The predicted octanol–water partition coefficient (Wildman–Crippen LogP) is 8.62. The smallest absolute Gasteiger partial charge is 0.386 e. The molecule has 3 aromatic rings. The molecule has 3 aromatic carbocycles. The molecule has 0 aliphatic rings. The summed E-state index contributed by atoms with van der Waals surface area (Å²) in [6.07, 6.45) is 9.53. The molecule has 0 radical (unpaired) electrons. The van der Waals surface area contributed by atoms with Crippen LogP contribution in [0.1, 0.15) is 57.4 Å². The summed E-state index contributed by atoms with van der Waals surface area (Å²) in [7, 11) is -3.97. The predicted molar refractivity (Wildman–Crippen MR) is 131 cm³/mol. The number of rotatable bonds is 14. The summed E-state index contributed by atoms with van der Waals surface area (Å²) >= 11 is 0. The van der Waals surface area contributed by atoms with Gasteiger partial charge in [0.15, 0.2) is 0 Å². The third kappa shape index (κ3) is 8.09. The first-order chi connectivity index (χ1) is 15.7. The quantitative estimate of drug-likeness (QED) is 0.181. The van der Waals surface area contributed by atoms with Crippen LogP contribution >= 0.6 is 7.82 Å². The fourth-order valence-corrected chi connectivity index (χ4v) is 4.76. The molecule has 0 spiro atoms. The number of benzene rings is 3. The molecular formula is C27H33O4P. The van der Waals surface area contributed by atoms with E-state index in [4.69, 9.17) is 13.6 Å². The van der Waals surface area contributed by atoms with Gasteiger partial charge in [-0.25, -0.2) is 0 Å². The Bertz CT molecular complexity index is 914.